The van der Waals surface area contributed by atoms with Crippen molar-refractivity contribution in [2.45, 2.75) is 46.2 Å². The summed E-state index contributed by atoms with van der Waals surface area (Å²) in [5.74, 6) is 2.46. The Hall–Kier alpha value is -1.75. The number of piperidine rings is 1. The normalized spacial score (nSPS) is 19.1. The molecule has 0 aliphatic carbocycles. The summed E-state index contributed by atoms with van der Waals surface area (Å²) in [5, 5.41) is 6.88. The van der Waals surface area contributed by atoms with Crippen LogP contribution in [-0.4, -0.2) is 50.2 Å². The minimum absolute atomic E-state index is 0.637. The van der Waals surface area contributed by atoms with E-state index < -0.39 is 0 Å². The molecule has 5 nitrogen and oxygen atoms in total. The Kier molecular flexibility index (Phi) is 8.06. The van der Waals surface area contributed by atoms with Crippen LogP contribution in [0.4, 0.5) is 0 Å². The standard InChI is InChI=1S/C20H34N4O/c1-5-21-20(22-13-17-8-6-10-19(12-17)25-4)23-14-18-9-7-11-24(15-18)16(2)3/h6,8,10,12,16,18H,5,7,9,11,13-15H2,1-4H3,(H2,21,22,23). The highest BCUT2D eigenvalue weighted by Crippen LogP contribution is 2.17. The van der Waals surface area contributed by atoms with Crippen LogP contribution in [0.1, 0.15) is 39.2 Å². The van der Waals surface area contributed by atoms with E-state index in [0.29, 0.717) is 18.5 Å². The fraction of sp³-hybridized carbons (Fsp3) is 0.650. The lowest BCUT2D eigenvalue weighted by Gasteiger charge is -2.35. The maximum Gasteiger partial charge on any atom is 0.191 e. The number of ether oxygens (including phenoxy) is 1. The zero-order valence-corrected chi connectivity index (χ0v) is 16.2. The molecule has 2 N–H and O–H groups in total. The first-order valence-electron chi connectivity index (χ1n) is 9.51. The van der Waals surface area contributed by atoms with Crippen LogP contribution in [0.3, 0.4) is 0 Å². The number of benzene rings is 1. The Morgan fingerprint density at radius 1 is 1.36 bits per heavy atom. The SMILES string of the molecule is CCNC(=NCc1cccc(OC)c1)NCC1CCCN(C(C)C)C1. The summed E-state index contributed by atoms with van der Waals surface area (Å²) in [6.45, 7) is 11.6. The van der Waals surface area contributed by atoms with Gasteiger partial charge in [-0.2, -0.15) is 0 Å². The number of rotatable bonds is 7. The van der Waals surface area contributed by atoms with Crippen LogP contribution in [0.2, 0.25) is 0 Å². The number of nitrogens with zero attached hydrogens (tertiary/aromatic N) is 2. The maximum absolute atomic E-state index is 5.28. The van der Waals surface area contributed by atoms with E-state index in [4.69, 9.17) is 9.73 Å². The van der Waals surface area contributed by atoms with Crippen molar-refractivity contribution in [1.82, 2.24) is 15.5 Å². The molecule has 1 aliphatic heterocycles. The molecule has 0 aromatic heterocycles. The highest BCUT2D eigenvalue weighted by Gasteiger charge is 2.21. The van der Waals surface area contributed by atoms with Gasteiger partial charge in [0.2, 0.25) is 0 Å². The summed E-state index contributed by atoms with van der Waals surface area (Å²) < 4.78 is 5.28. The third kappa shape index (κ3) is 6.58. The van der Waals surface area contributed by atoms with Gasteiger partial charge in [-0.25, -0.2) is 4.99 Å². The van der Waals surface area contributed by atoms with Crippen molar-refractivity contribution in [2.24, 2.45) is 10.9 Å². The third-order valence-electron chi connectivity index (χ3n) is 4.74. The summed E-state index contributed by atoms with van der Waals surface area (Å²) in [6.07, 6.45) is 2.59. The summed E-state index contributed by atoms with van der Waals surface area (Å²) in [4.78, 5) is 7.30. The minimum Gasteiger partial charge on any atom is -0.497 e. The van der Waals surface area contributed by atoms with Crippen molar-refractivity contribution in [3.8, 4) is 5.75 Å². The predicted molar refractivity (Wildman–Crippen MR) is 105 cm³/mol. The average molecular weight is 347 g/mol. The van der Waals surface area contributed by atoms with Crippen LogP contribution in [0, 0.1) is 5.92 Å². The van der Waals surface area contributed by atoms with Crippen LogP contribution in [0.25, 0.3) is 0 Å². The van der Waals surface area contributed by atoms with E-state index in [-0.39, 0.29) is 0 Å². The number of methoxy groups -OCH3 is 1. The average Bonchev–Trinajstić information content (AvgIpc) is 2.64. The van der Waals surface area contributed by atoms with Gasteiger partial charge in [-0.1, -0.05) is 12.1 Å². The van der Waals surface area contributed by atoms with Crippen LogP contribution in [-0.2, 0) is 6.54 Å². The van der Waals surface area contributed by atoms with Gasteiger partial charge in [0.1, 0.15) is 5.75 Å². The van der Waals surface area contributed by atoms with E-state index in [1.54, 1.807) is 7.11 Å². The summed E-state index contributed by atoms with van der Waals surface area (Å²) in [7, 11) is 1.69. The molecular formula is C20H34N4O. The maximum atomic E-state index is 5.28. The number of nitrogens with one attached hydrogen (secondary N) is 2. The number of hydrogen-bond acceptors (Lipinski definition) is 3. The molecule has 1 heterocycles. The quantitative estimate of drug-likeness (QED) is 0.589. The molecule has 1 saturated heterocycles. The van der Waals surface area contributed by atoms with Gasteiger partial charge >= 0.3 is 0 Å². The van der Waals surface area contributed by atoms with E-state index in [0.717, 1.165) is 30.4 Å². The van der Waals surface area contributed by atoms with E-state index in [2.05, 4.69) is 42.4 Å². The molecule has 0 spiro atoms. The summed E-state index contributed by atoms with van der Waals surface area (Å²) >= 11 is 0. The summed E-state index contributed by atoms with van der Waals surface area (Å²) in [6, 6.07) is 8.72. The van der Waals surface area contributed by atoms with Crippen LogP contribution >= 0.6 is 0 Å². The topological polar surface area (TPSA) is 48.9 Å². The van der Waals surface area contributed by atoms with Crippen molar-refractivity contribution in [2.75, 3.05) is 33.3 Å². The molecule has 1 unspecified atom stereocenters. The molecule has 5 heteroatoms. The number of aliphatic imine (C=N–C) groups is 1. The molecule has 0 radical (unpaired) electrons. The molecule has 1 fully saturated rings. The largest absolute Gasteiger partial charge is 0.497 e. The Labute approximate surface area is 152 Å². The number of hydrogen-bond donors (Lipinski definition) is 2. The Bertz CT molecular complexity index is 544. The lowest BCUT2D eigenvalue weighted by Crippen LogP contribution is -2.46. The van der Waals surface area contributed by atoms with Crippen molar-refractivity contribution in [1.29, 1.82) is 0 Å². The van der Waals surface area contributed by atoms with Gasteiger partial charge in [-0.15, -0.1) is 0 Å². The van der Waals surface area contributed by atoms with Crippen LogP contribution in [0.15, 0.2) is 29.3 Å². The van der Waals surface area contributed by atoms with Crippen LogP contribution in [0.5, 0.6) is 5.75 Å². The van der Waals surface area contributed by atoms with Gasteiger partial charge in [-0.3, -0.25) is 0 Å². The van der Waals surface area contributed by atoms with E-state index in [1.807, 2.05) is 18.2 Å². The second-order valence-electron chi connectivity index (χ2n) is 7.02. The number of likely N-dealkylation sites (tertiary alicyclic amines) is 1. The van der Waals surface area contributed by atoms with Gasteiger partial charge < -0.3 is 20.3 Å². The fourth-order valence-corrected chi connectivity index (χ4v) is 3.26. The second-order valence-corrected chi connectivity index (χ2v) is 7.02. The van der Waals surface area contributed by atoms with E-state index in [1.165, 1.54) is 25.9 Å². The van der Waals surface area contributed by atoms with Gasteiger partial charge in [0.15, 0.2) is 5.96 Å². The highest BCUT2D eigenvalue weighted by atomic mass is 16.5. The summed E-state index contributed by atoms with van der Waals surface area (Å²) in [5.41, 5.74) is 1.15. The first-order valence-corrected chi connectivity index (χ1v) is 9.51. The highest BCUT2D eigenvalue weighted by molar-refractivity contribution is 5.79. The Morgan fingerprint density at radius 3 is 2.92 bits per heavy atom. The molecule has 0 bridgehead atoms. The molecule has 25 heavy (non-hydrogen) atoms. The van der Waals surface area contributed by atoms with Crippen molar-refractivity contribution < 1.29 is 4.74 Å². The van der Waals surface area contributed by atoms with Crippen molar-refractivity contribution >= 4 is 5.96 Å². The van der Waals surface area contributed by atoms with E-state index in [9.17, 15) is 0 Å². The van der Waals surface area contributed by atoms with Crippen LogP contribution < -0.4 is 15.4 Å². The molecule has 1 aromatic rings. The molecule has 1 atom stereocenters. The molecule has 140 valence electrons. The number of guanidine groups is 1. The molecular weight excluding hydrogens is 312 g/mol. The van der Waals surface area contributed by atoms with Gasteiger partial charge in [0, 0.05) is 25.7 Å². The monoisotopic (exact) mass is 346 g/mol. The first kappa shape index (κ1) is 19.6. The Morgan fingerprint density at radius 2 is 2.20 bits per heavy atom. The predicted octanol–water partition coefficient (Wildman–Crippen LogP) is 2.87. The smallest absolute Gasteiger partial charge is 0.191 e. The van der Waals surface area contributed by atoms with Gasteiger partial charge in [0.25, 0.3) is 0 Å². The molecule has 2 rings (SSSR count). The zero-order chi connectivity index (χ0) is 18.1. The molecule has 1 aromatic carbocycles. The Balaban J connectivity index is 1.88. The second kappa shape index (κ2) is 10.3. The van der Waals surface area contributed by atoms with Crippen molar-refractivity contribution in [3.05, 3.63) is 29.8 Å². The minimum atomic E-state index is 0.637. The fourth-order valence-electron chi connectivity index (χ4n) is 3.26. The van der Waals surface area contributed by atoms with Crippen molar-refractivity contribution in [3.63, 3.8) is 0 Å². The lowest BCUT2D eigenvalue weighted by molar-refractivity contribution is 0.141. The zero-order valence-electron chi connectivity index (χ0n) is 16.2. The molecule has 0 saturated carbocycles. The van der Waals surface area contributed by atoms with Gasteiger partial charge in [-0.05, 0) is 63.8 Å². The van der Waals surface area contributed by atoms with E-state index >= 15 is 0 Å². The first-order chi connectivity index (χ1) is 12.1. The third-order valence-corrected chi connectivity index (χ3v) is 4.74. The van der Waals surface area contributed by atoms with Gasteiger partial charge in [0.05, 0.1) is 13.7 Å². The molecule has 1 aliphatic rings. The molecule has 0 amide bonds. The lowest BCUT2D eigenvalue weighted by atomic mass is 9.97.